The van der Waals surface area contributed by atoms with Gasteiger partial charge in [0.25, 0.3) is 0 Å². The Bertz CT molecular complexity index is 74.4. The Morgan fingerprint density at radius 3 is 2.12 bits per heavy atom. The Kier molecular flexibility index (Phi) is 8.73. The zero-order valence-corrected chi connectivity index (χ0v) is 9.76. The molecule has 1 unspecified atom stereocenters. The first-order valence-corrected chi connectivity index (χ1v) is 2.08. The molecule has 0 fully saturated rings. The van der Waals surface area contributed by atoms with Crippen molar-refractivity contribution < 1.29 is 54.0 Å². The summed E-state index contributed by atoms with van der Waals surface area (Å²) in [6, 6.07) is 0. The van der Waals surface area contributed by atoms with Crippen molar-refractivity contribution in [1.29, 1.82) is 0 Å². The molecule has 0 aliphatic rings. The molecule has 0 heterocycles. The van der Waals surface area contributed by atoms with Gasteiger partial charge in [0.1, 0.15) is 6.10 Å². The van der Waals surface area contributed by atoms with Crippen molar-refractivity contribution >= 4 is 5.91 Å². The summed E-state index contributed by atoms with van der Waals surface area (Å²) < 4.78 is 0. The van der Waals surface area contributed by atoms with E-state index in [2.05, 4.69) is 5.32 Å². The van der Waals surface area contributed by atoms with Gasteiger partial charge in [-0.05, 0) is 6.92 Å². The van der Waals surface area contributed by atoms with Crippen molar-refractivity contribution in [2.45, 2.75) is 13.0 Å². The Labute approximate surface area is 84.4 Å². The number of nitrogens with one attached hydrogen (secondary N) is 1. The number of carbonyl (C=O) groups excluding carboxylic acids is 1. The maximum absolute atomic E-state index is 10.2. The van der Waals surface area contributed by atoms with Crippen molar-refractivity contribution in [3.05, 3.63) is 0 Å². The molecule has 2 N–H and O–H groups in total. The summed E-state index contributed by atoms with van der Waals surface area (Å²) in [5.74, 6) is -0.347. The first-order valence-electron chi connectivity index (χ1n) is 2.08. The quantitative estimate of drug-likeness (QED) is 0.656. The standard InChI is InChI=1S/C4H9NO2.Ac/c1-3(6)4(7)5-2;/h3,6H,1-2H3,(H,5,7);. The number of hydrogen-bond donors (Lipinski definition) is 2. The van der Waals surface area contributed by atoms with Crippen LogP contribution in [0.3, 0.4) is 0 Å². The molecule has 0 bridgehead atoms. The van der Waals surface area contributed by atoms with Crippen molar-refractivity contribution in [3.8, 4) is 0 Å². The Balaban J connectivity index is 0. The topological polar surface area (TPSA) is 49.3 Å². The molecule has 0 saturated heterocycles. The summed E-state index contributed by atoms with van der Waals surface area (Å²) in [6.07, 6.45) is -0.884. The van der Waals surface area contributed by atoms with Gasteiger partial charge in [0, 0.05) is 51.1 Å². The number of amides is 1. The fourth-order valence-corrected chi connectivity index (χ4v) is 0.209. The number of hydrogen-bond acceptors (Lipinski definition) is 2. The molecule has 0 spiro atoms. The number of aliphatic hydroxyl groups is 1. The van der Waals surface area contributed by atoms with Gasteiger partial charge in [-0.2, -0.15) is 0 Å². The zero-order chi connectivity index (χ0) is 5.86. The van der Waals surface area contributed by atoms with Crippen LogP contribution in [0.5, 0.6) is 0 Å². The van der Waals surface area contributed by atoms with Gasteiger partial charge in [-0.25, -0.2) is 0 Å². The number of aliphatic hydroxyl groups excluding tert-OH is 1. The van der Waals surface area contributed by atoms with E-state index in [0.29, 0.717) is 0 Å². The number of rotatable bonds is 1. The van der Waals surface area contributed by atoms with Crippen LogP contribution in [0.15, 0.2) is 0 Å². The molecule has 4 heteroatoms. The Morgan fingerprint density at radius 1 is 1.75 bits per heavy atom. The van der Waals surface area contributed by atoms with Crippen LogP contribution in [0.1, 0.15) is 6.92 Å². The van der Waals surface area contributed by atoms with Gasteiger partial charge in [0.15, 0.2) is 0 Å². The van der Waals surface area contributed by atoms with Crippen LogP contribution in [0.25, 0.3) is 0 Å². The average Bonchev–Trinajstić information content (AvgIpc) is 1.65. The van der Waals surface area contributed by atoms with Crippen LogP contribution >= 0.6 is 0 Å². The SMILES string of the molecule is CNC(=O)C(C)O.[Ac]. The number of carbonyl (C=O) groups is 1. The Morgan fingerprint density at radius 2 is 2.12 bits per heavy atom. The minimum Gasteiger partial charge on any atom is -0.384 e. The minimum absolute atomic E-state index is 0. The predicted octanol–water partition coefficient (Wildman–Crippen LogP) is -0.887. The van der Waals surface area contributed by atoms with Crippen LogP contribution in [0.4, 0.5) is 0 Å². The molecule has 0 rings (SSSR count). The van der Waals surface area contributed by atoms with E-state index >= 15 is 0 Å². The largest absolute Gasteiger partial charge is 0.384 e. The predicted molar refractivity (Wildman–Crippen MR) is 25.7 cm³/mol. The van der Waals surface area contributed by atoms with E-state index in [1.165, 1.54) is 14.0 Å². The average molecular weight is 330 g/mol. The third-order valence-corrected chi connectivity index (χ3v) is 0.626. The van der Waals surface area contributed by atoms with Crippen molar-refractivity contribution in [3.63, 3.8) is 0 Å². The molecule has 1 radical (unpaired) electrons. The molecule has 0 aromatic rings. The molecule has 0 saturated carbocycles. The van der Waals surface area contributed by atoms with E-state index in [-0.39, 0.29) is 50.0 Å². The van der Waals surface area contributed by atoms with E-state index in [0.717, 1.165) is 0 Å². The van der Waals surface area contributed by atoms with Gasteiger partial charge in [-0.15, -0.1) is 0 Å². The van der Waals surface area contributed by atoms with E-state index in [9.17, 15) is 4.79 Å². The molecular weight excluding hydrogens is 321 g/mol. The monoisotopic (exact) mass is 330 g/mol. The normalized spacial score (nSPS) is 11.4. The van der Waals surface area contributed by atoms with Crippen LogP contribution in [-0.4, -0.2) is 24.2 Å². The summed E-state index contributed by atoms with van der Waals surface area (Å²) in [5.41, 5.74) is 0. The van der Waals surface area contributed by atoms with E-state index in [1.807, 2.05) is 0 Å². The van der Waals surface area contributed by atoms with Crippen molar-refractivity contribution in [2.24, 2.45) is 0 Å². The first-order chi connectivity index (χ1) is 3.18. The van der Waals surface area contributed by atoms with Crippen LogP contribution < -0.4 is 5.32 Å². The van der Waals surface area contributed by atoms with Gasteiger partial charge in [0.05, 0.1) is 0 Å². The van der Waals surface area contributed by atoms with Crippen LogP contribution in [0, 0.1) is 44.1 Å². The summed E-state index contributed by atoms with van der Waals surface area (Å²) in [6.45, 7) is 1.42. The molecule has 1 atom stereocenters. The summed E-state index contributed by atoms with van der Waals surface area (Å²) in [5, 5.41) is 10.7. The van der Waals surface area contributed by atoms with Gasteiger partial charge in [-0.3, -0.25) is 4.79 Å². The smallest absolute Gasteiger partial charge is 0.248 e. The molecule has 0 aromatic carbocycles. The molecule has 8 heavy (non-hydrogen) atoms. The molecule has 3 nitrogen and oxygen atoms in total. The molecule has 1 amide bonds. The third-order valence-electron chi connectivity index (χ3n) is 0.626. The second-order valence-corrected chi connectivity index (χ2v) is 1.29. The van der Waals surface area contributed by atoms with Gasteiger partial charge < -0.3 is 10.4 Å². The van der Waals surface area contributed by atoms with E-state index < -0.39 is 6.10 Å². The van der Waals surface area contributed by atoms with Crippen LogP contribution in [-0.2, 0) is 4.79 Å². The first kappa shape index (κ1) is 11.6. The van der Waals surface area contributed by atoms with Gasteiger partial charge >= 0.3 is 0 Å². The second kappa shape index (κ2) is 6.00. The molecule has 0 aliphatic heterocycles. The van der Waals surface area contributed by atoms with Gasteiger partial charge in [-0.1, -0.05) is 0 Å². The summed E-state index contributed by atoms with van der Waals surface area (Å²) in [4.78, 5) is 10.2. The molecular formula is C4H9AcNO2. The minimum atomic E-state index is -0.884. The Hall–Kier alpha value is 0.872. The fourth-order valence-electron chi connectivity index (χ4n) is 0.209. The summed E-state index contributed by atoms with van der Waals surface area (Å²) >= 11 is 0. The molecule has 45 valence electrons. The fraction of sp³-hybridized carbons (Fsp3) is 0.750. The van der Waals surface area contributed by atoms with Gasteiger partial charge in [0.2, 0.25) is 5.91 Å². The second-order valence-electron chi connectivity index (χ2n) is 1.29. The van der Waals surface area contributed by atoms with Crippen LogP contribution in [0.2, 0.25) is 0 Å². The van der Waals surface area contributed by atoms with Crippen molar-refractivity contribution in [1.82, 2.24) is 5.32 Å². The third kappa shape index (κ3) is 5.02. The zero-order valence-electron chi connectivity index (χ0n) is 5.01. The van der Waals surface area contributed by atoms with E-state index in [4.69, 9.17) is 5.11 Å². The van der Waals surface area contributed by atoms with Crippen molar-refractivity contribution in [2.75, 3.05) is 7.05 Å². The summed E-state index contributed by atoms with van der Waals surface area (Å²) in [7, 11) is 1.48. The maximum atomic E-state index is 10.2. The molecule has 0 aromatic heterocycles. The maximum Gasteiger partial charge on any atom is 0.248 e. The van der Waals surface area contributed by atoms with E-state index in [1.54, 1.807) is 0 Å². The number of likely N-dealkylation sites (N-methyl/N-ethyl adjacent to an activating group) is 1. The molecule has 0 aliphatic carbocycles.